The Morgan fingerprint density at radius 2 is 1.91 bits per heavy atom. The van der Waals surface area contributed by atoms with E-state index in [1.165, 1.54) is 12.1 Å². The summed E-state index contributed by atoms with van der Waals surface area (Å²) in [6.07, 6.45) is 0.533. The van der Waals surface area contributed by atoms with Gasteiger partial charge in [0.2, 0.25) is 11.8 Å². The van der Waals surface area contributed by atoms with Crippen LogP contribution in [0.1, 0.15) is 30.4 Å². The highest BCUT2D eigenvalue weighted by Crippen LogP contribution is 2.31. The van der Waals surface area contributed by atoms with E-state index in [0.29, 0.717) is 44.1 Å². The zero-order valence-corrected chi connectivity index (χ0v) is 20.3. The van der Waals surface area contributed by atoms with Crippen LogP contribution in [0.25, 0.3) is 0 Å². The minimum atomic E-state index is -0.350. The summed E-state index contributed by atoms with van der Waals surface area (Å²) in [7, 11) is 0. The molecule has 2 aromatic rings. The molecule has 0 fully saturated rings. The van der Waals surface area contributed by atoms with E-state index in [1.54, 1.807) is 12.1 Å². The molecule has 3 rings (SSSR count). The Kier molecular flexibility index (Phi) is 10.4. The van der Waals surface area contributed by atoms with Crippen LogP contribution >= 0.6 is 24.0 Å². The number of nitrogens with zero attached hydrogens (tertiary/aromatic N) is 1. The molecule has 1 aliphatic heterocycles. The van der Waals surface area contributed by atoms with Gasteiger partial charge in [-0.3, -0.25) is 14.6 Å². The SMILES string of the molecule is CCNC(=NCC1CC(=O)Nc2ccccc21)NCCNC(=O)Cc1cccc(F)c1.I. The number of para-hydroxylation sites is 1. The lowest BCUT2D eigenvalue weighted by Gasteiger charge is -2.24. The number of aliphatic imine (C=N–C) groups is 1. The first-order chi connectivity index (χ1) is 15.0. The van der Waals surface area contributed by atoms with Crippen LogP contribution in [-0.2, 0) is 16.0 Å². The Hall–Kier alpha value is -2.69. The zero-order valence-electron chi connectivity index (χ0n) is 18.0. The van der Waals surface area contributed by atoms with Crippen molar-refractivity contribution in [3.8, 4) is 0 Å². The van der Waals surface area contributed by atoms with Crippen LogP contribution < -0.4 is 21.3 Å². The molecule has 32 heavy (non-hydrogen) atoms. The van der Waals surface area contributed by atoms with Gasteiger partial charge in [0.25, 0.3) is 0 Å². The average Bonchev–Trinajstić information content (AvgIpc) is 2.74. The number of amides is 2. The summed E-state index contributed by atoms with van der Waals surface area (Å²) in [6, 6.07) is 13.8. The number of carbonyl (C=O) groups is 2. The van der Waals surface area contributed by atoms with E-state index >= 15 is 0 Å². The van der Waals surface area contributed by atoms with Crippen LogP contribution in [-0.4, -0.2) is 44.0 Å². The lowest BCUT2D eigenvalue weighted by atomic mass is 9.91. The molecule has 0 aromatic heterocycles. The number of guanidine groups is 1. The Bertz CT molecular complexity index is 953. The van der Waals surface area contributed by atoms with Crippen LogP contribution in [0.3, 0.4) is 0 Å². The van der Waals surface area contributed by atoms with Gasteiger partial charge in [-0.15, -0.1) is 24.0 Å². The molecule has 0 saturated heterocycles. The fraction of sp³-hybridized carbons (Fsp3) is 0.348. The molecule has 0 spiro atoms. The number of anilines is 1. The molecule has 1 aliphatic rings. The molecule has 2 aromatic carbocycles. The normalized spacial score (nSPS) is 15.1. The van der Waals surface area contributed by atoms with Crippen molar-refractivity contribution in [2.24, 2.45) is 4.99 Å². The molecule has 1 heterocycles. The van der Waals surface area contributed by atoms with Gasteiger partial charge in [0.05, 0.1) is 13.0 Å². The molecule has 0 aliphatic carbocycles. The fourth-order valence-electron chi connectivity index (χ4n) is 3.49. The molecule has 172 valence electrons. The van der Waals surface area contributed by atoms with E-state index in [0.717, 1.165) is 11.3 Å². The average molecular weight is 553 g/mol. The van der Waals surface area contributed by atoms with Gasteiger partial charge in [0.1, 0.15) is 5.82 Å². The van der Waals surface area contributed by atoms with Crippen LogP contribution in [0.5, 0.6) is 0 Å². The van der Waals surface area contributed by atoms with Crippen molar-refractivity contribution in [3.63, 3.8) is 0 Å². The largest absolute Gasteiger partial charge is 0.357 e. The van der Waals surface area contributed by atoms with Crippen molar-refractivity contribution in [2.45, 2.75) is 25.7 Å². The molecular formula is C23H29FIN5O2. The first-order valence-electron chi connectivity index (χ1n) is 10.5. The fourth-order valence-corrected chi connectivity index (χ4v) is 3.49. The third-order valence-electron chi connectivity index (χ3n) is 4.91. The summed E-state index contributed by atoms with van der Waals surface area (Å²) in [5.41, 5.74) is 2.57. The van der Waals surface area contributed by atoms with Gasteiger partial charge in [-0.1, -0.05) is 30.3 Å². The minimum absolute atomic E-state index is 0. The second-order valence-electron chi connectivity index (χ2n) is 7.34. The summed E-state index contributed by atoms with van der Waals surface area (Å²) in [6.45, 7) is 4.04. The first kappa shape index (κ1) is 25.6. The number of rotatable bonds is 8. The maximum atomic E-state index is 13.2. The monoisotopic (exact) mass is 553 g/mol. The van der Waals surface area contributed by atoms with Gasteiger partial charge in [-0.25, -0.2) is 4.39 Å². The first-order valence-corrected chi connectivity index (χ1v) is 10.5. The van der Waals surface area contributed by atoms with Gasteiger partial charge >= 0.3 is 0 Å². The minimum Gasteiger partial charge on any atom is -0.357 e. The van der Waals surface area contributed by atoms with Crippen molar-refractivity contribution < 1.29 is 14.0 Å². The number of hydrogen-bond donors (Lipinski definition) is 4. The lowest BCUT2D eigenvalue weighted by molar-refractivity contribution is -0.120. The molecule has 1 atom stereocenters. The van der Waals surface area contributed by atoms with Gasteiger partial charge in [-0.2, -0.15) is 0 Å². The third kappa shape index (κ3) is 7.77. The number of nitrogens with one attached hydrogen (secondary N) is 4. The highest BCUT2D eigenvalue weighted by molar-refractivity contribution is 14.0. The number of hydrogen-bond acceptors (Lipinski definition) is 3. The van der Waals surface area contributed by atoms with Crippen molar-refractivity contribution in [1.29, 1.82) is 0 Å². The molecule has 0 bridgehead atoms. The van der Waals surface area contributed by atoms with E-state index in [2.05, 4.69) is 26.3 Å². The zero-order chi connectivity index (χ0) is 22.1. The van der Waals surface area contributed by atoms with E-state index in [9.17, 15) is 14.0 Å². The quantitative estimate of drug-likeness (QED) is 0.175. The Balaban J connectivity index is 0.00000363. The molecule has 9 heteroatoms. The maximum Gasteiger partial charge on any atom is 0.225 e. The van der Waals surface area contributed by atoms with E-state index in [4.69, 9.17) is 0 Å². The molecular weight excluding hydrogens is 524 g/mol. The summed E-state index contributed by atoms with van der Waals surface area (Å²) in [5, 5.41) is 12.1. The van der Waals surface area contributed by atoms with Crippen LogP contribution in [0.15, 0.2) is 53.5 Å². The highest BCUT2D eigenvalue weighted by Gasteiger charge is 2.24. The van der Waals surface area contributed by atoms with E-state index in [-0.39, 0.29) is 53.9 Å². The summed E-state index contributed by atoms with van der Waals surface area (Å²) in [4.78, 5) is 28.6. The smallest absolute Gasteiger partial charge is 0.225 e. The maximum absolute atomic E-state index is 13.2. The summed E-state index contributed by atoms with van der Waals surface area (Å²) in [5.74, 6) is 0.130. The number of carbonyl (C=O) groups excluding carboxylic acids is 2. The molecule has 0 saturated carbocycles. The van der Waals surface area contributed by atoms with Gasteiger partial charge in [-0.05, 0) is 36.2 Å². The van der Waals surface area contributed by atoms with E-state index < -0.39 is 0 Å². The Morgan fingerprint density at radius 1 is 1.12 bits per heavy atom. The predicted octanol–water partition coefficient (Wildman–Crippen LogP) is 2.78. The second kappa shape index (κ2) is 13.0. The third-order valence-corrected chi connectivity index (χ3v) is 4.91. The Labute approximate surface area is 204 Å². The van der Waals surface area contributed by atoms with Gasteiger partial charge < -0.3 is 21.3 Å². The summed E-state index contributed by atoms with van der Waals surface area (Å²) >= 11 is 0. The number of benzene rings is 2. The molecule has 4 N–H and O–H groups in total. The van der Waals surface area contributed by atoms with Crippen molar-refractivity contribution in [1.82, 2.24) is 16.0 Å². The van der Waals surface area contributed by atoms with Crippen molar-refractivity contribution in [2.75, 3.05) is 31.5 Å². The standard InChI is InChI=1S/C23H28FN5O2.HI/c1-2-25-23(27-11-10-26-21(30)13-16-6-5-7-18(24)12-16)28-15-17-14-22(31)29-20-9-4-3-8-19(17)20;/h3-9,12,17H,2,10-11,13-15H2,1H3,(H,26,30)(H,29,31)(H2,25,27,28);1H. The van der Waals surface area contributed by atoms with Crippen molar-refractivity contribution in [3.05, 3.63) is 65.5 Å². The molecule has 1 unspecified atom stereocenters. The van der Waals surface area contributed by atoms with Gasteiger partial charge in [0, 0.05) is 37.7 Å². The predicted molar refractivity (Wildman–Crippen MR) is 135 cm³/mol. The topological polar surface area (TPSA) is 94.6 Å². The van der Waals surface area contributed by atoms with Crippen LogP contribution in [0, 0.1) is 5.82 Å². The molecule has 2 amide bonds. The lowest BCUT2D eigenvalue weighted by Crippen LogP contribution is -2.42. The number of halogens is 2. The Morgan fingerprint density at radius 3 is 2.69 bits per heavy atom. The molecule has 7 nitrogen and oxygen atoms in total. The van der Waals surface area contributed by atoms with Crippen LogP contribution in [0.4, 0.5) is 10.1 Å². The van der Waals surface area contributed by atoms with Gasteiger partial charge in [0.15, 0.2) is 5.96 Å². The number of fused-ring (bicyclic) bond motifs is 1. The van der Waals surface area contributed by atoms with E-state index in [1.807, 2.05) is 31.2 Å². The van der Waals surface area contributed by atoms with Crippen LogP contribution in [0.2, 0.25) is 0 Å². The van der Waals surface area contributed by atoms with Crippen molar-refractivity contribution >= 4 is 47.4 Å². The molecule has 0 radical (unpaired) electrons. The second-order valence-corrected chi connectivity index (χ2v) is 7.34. The highest BCUT2D eigenvalue weighted by atomic mass is 127. The summed E-state index contributed by atoms with van der Waals surface area (Å²) < 4.78 is 13.2.